The highest BCUT2D eigenvalue weighted by Gasteiger charge is 2.53. The maximum atomic E-state index is 15.1. The van der Waals surface area contributed by atoms with E-state index in [1.807, 2.05) is 54.6 Å². The van der Waals surface area contributed by atoms with Gasteiger partial charge in [0, 0.05) is 38.2 Å². The molecule has 0 radical (unpaired) electrons. The third-order valence-electron chi connectivity index (χ3n) is 11.7. The number of rotatable bonds is 13. The molecule has 5 aromatic rings. The fourth-order valence-electron chi connectivity index (χ4n) is 8.43. The van der Waals surface area contributed by atoms with Crippen LogP contribution in [-0.2, 0) is 53.8 Å². The van der Waals surface area contributed by atoms with Gasteiger partial charge in [-0.3, -0.25) is 42.3 Å². The van der Waals surface area contributed by atoms with E-state index in [9.17, 15) is 24.3 Å². The minimum Gasteiger partial charge on any atom is -0.497 e. The van der Waals surface area contributed by atoms with Gasteiger partial charge in [0.2, 0.25) is 0 Å². The Bertz CT molecular complexity index is 2660. The first kappa shape index (κ1) is 46.0. The average molecular weight is 921 g/mol. The van der Waals surface area contributed by atoms with Crippen LogP contribution in [0.3, 0.4) is 0 Å². The van der Waals surface area contributed by atoms with E-state index in [2.05, 4.69) is 9.97 Å². The Hall–Kier alpha value is -5.51. The monoisotopic (exact) mass is 920 g/mol. The number of benzene rings is 3. The predicted molar refractivity (Wildman–Crippen MR) is 229 cm³/mol. The third kappa shape index (κ3) is 9.19. The number of aliphatic hydroxyl groups is 1. The van der Waals surface area contributed by atoms with Crippen LogP contribution in [0.25, 0.3) is 0 Å². The Kier molecular flexibility index (Phi) is 13.8. The summed E-state index contributed by atoms with van der Waals surface area (Å²) in [5, 5.41) is 11.3. The van der Waals surface area contributed by atoms with Crippen molar-refractivity contribution in [1.82, 2.24) is 19.1 Å². The number of methoxy groups -OCH3 is 4. The summed E-state index contributed by atoms with van der Waals surface area (Å²) in [5.74, 6) is 1.20. The van der Waals surface area contributed by atoms with Crippen molar-refractivity contribution in [3.05, 3.63) is 161 Å². The summed E-state index contributed by atoms with van der Waals surface area (Å²) in [6, 6.07) is 25.2. The van der Waals surface area contributed by atoms with Crippen LogP contribution in [0.1, 0.15) is 41.1 Å². The second kappa shape index (κ2) is 19.5. The highest BCUT2D eigenvalue weighted by molar-refractivity contribution is 7.48. The Morgan fingerprint density at radius 2 is 1.35 bits per heavy atom. The lowest BCUT2D eigenvalue weighted by atomic mass is 9.80. The highest BCUT2D eigenvalue weighted by atomic mass is 31.2. The Morgan fingerprint density at radius 3 is 1.97 bits per heavy atom. The van der Waals surface area contributed by atoms with E-state index < -0.39 is 91.6 Å². The van der Waals surface area contributed by atoms with Gasteiger partial charge in [0.15, 0.2) is 12.5 Å². The van der Waals surface area contributed by atoms with Gasteiger partial charge in [-0.25, -0.2) is 14.2 Å². The van der Waals surface area contributed by atoms with Gasteiger partial charge in [-0.05, 0) is 53.8 Å². The predicted octanol–water partition coefficient (Wildman–Crippen LogP) is 2.77. The number of aryl methyl sites for hydroxylation is 1. The van der Waals surface area contributed by atoms with Crippen LogP contribution in [0.4, 0.5) is 0 Å². The molecule has 2 aromatic heterocycles. The van der Waals surface area contributed by atoms with Gasteiger partial charge in [0.1, 0.15) is 53.7 Å². The Balaban J connectivity index is 1.19. The molecule has 4 bridgehead atoms. The van der Waals surface area contributed by atoms with Crippen LogP contribution < -0.4 is 32.0 Å². The smallest absolute Gasteiger partial charge is 0.475 e. The first-order valence-electron chi connectivity index (χ1n) is 20.7. The van der Waals surface area contributed by atoms with Gasteiger partial charge in [0.25, 0.3) is 11.1 Å². The quantitative estimate of drug-likeness (QED) is 0.114. The van der Waals surface area contributed by atoms with Crippen molar-refractivity contribution in [3.63, 3.8) is 0 Å². The molecule has 1 unspecified atom stereocenters. The zero-order valence-electron chi connectivity index (χ0n) is 35.8. The summed E-state index contributed by atoms with van der Waals surface area (Å²) >= 11 is 0. The number of nitrogens with zero attached hydrogens (tertiary/aromatic N) is 2. The average Bonchev–Trinajstić information content (AvgIpc) is 3.83. The summed E-state index contributed by atoms with van der Waals surface area (Å²) < 4.78 is 77.8. The van der Waals surface area contributed by atoms with Crippen molar-refractivity contribution in [2.24, 2.45) is 0 Å². The third-order valence-corrected chi connectivity index (χ3v) is 13.2. The van der Waals surface area contributed by atoms with E-state index in [1.54, 1.807) is 38.5 Å². The summed E-state index contributed by atoms with van der Waals surface area (Å²) in [6.07, 6.45) is -7.35. The van der Waals surface area contributed by atoms with E-state index in [0.717, 1.165) is 15.2 Å². The standard InChI is InChI=1S/C44H49N4O16P/c1-55-30-16-12-28(13-17-30)44(27-10-6-5-7-11-27,29-14-18-31(56-2)19-15-29)59-24-33-36(38(58-4)41(63-33)47-21-20-34(49)45-42(47)52)64-65(54)60-22-8-9-26-23-48(43(53)46-39(26)51)40-37(57-3)35(50)32(62-40)25-61-65/h5-7,10-21,23,32-33,35-38,40-41,50H,8-9,22,24-25H2,1-4H3,(H,45,49,52)(H,46,51,53)/t32-,33-,35-,36-,37-,38-,40-,41-,65?/m1/s1. The van der Waals surface area contributed by atoms with Gasteiger partial charge in [-0.1, -0.05) is 54.6 Å². The number of aromatic nitrogens is 4. The van der Waals surface area contributed by atoms with Gasteiger partial charge >= 0.3 is 19.2 Å². The number of nitrogens with one attached hydrogen (secondary N) is 2. The molecule has 346 valence electrons. The summed E-state index contributed by atoms with van der Waals surface area (Å²) in [7, 11) is 1.01. The molecule has 3 aromatic carbocycles. The van der Waals surface area contributed by atoms with E-state index >= 15 is 4.57 Å². The molecular weight excluding hydrogens is 871 g/mol. The second-order valence-electron chi connectivity index (χ2n) is 15.4. The van der Waals surface area contributed by atoms with Crippen LogP contribution >= 0.6 is 7.82 Å². The summed E-state index contributed by atoms with van der Waals surface area (Å²) in [4.78, 5) is 55.8. The number of hydrogen-bond donors (Lipinski definition) is 3. The topological polar surface area (TPSA) is 239 Å². The zero-order chi connectivity index (χ0) is 45.9. The molecule has 65 heavy (non-hydrogen) atoms. The molecule has 0 amide bonds. The van der Waals surface area contributed by atoms with Gasteiger partial charge in [0.05, 0.1) is 34.0 Å². The zero-order valence-corrected chi connectivity index (χ0v) is 36.7. The number of H-pyrrole nitrogens is 2. The number of hydrogen-bond acceptors (Lipinski definition) is 16. The molecule has 2 fully saturated rings. The van der Waals surface area contributed by atoms with E-state index in [4.69, 9.17) is 46.7 Å². The van der Waals surface area contributed by atoms with Crippen molar-refractivity contribution in [1.29, 1.82) is 0 Å². The molecular formula is C44H49N4O16P. The van der Waals surface area contributed by atoms with Crippen LogP contribution in [0.15, 0.2) is 117 Å². The van der Waals surface area contributed by atoms with Crippen LogP contribution in [0.5, 0.6) is 11.5 Å². The molecule has 3 aliphatic rings. The van der Waals surface area contributed by atoms with Crippen molar-refractivity contribution < 1.29 is 56.4 Å². The maximum Gasteiger partial charge on any atom is 0.475 e. The molecule has 20 nitrogen and oxygen atoms in total. The molecule has 3 aliphatic heterocycles. The molecule has 0 saturated carbocycles. The lowest BCUT2D eigenvalue weighted by molar-refractivity contribution is -0.0976. The Labute approximate surface area is 371 Å². The summed E-state index contributed by atoms with van der Waals surface area (Å²) in [6.45, 7) is -1.17. The van der Waals surface area contributed by atoms with Crippen molar-refractivity contribution in [3.8, 4) is 11.5 Å². The van der Waals surface area contributed by atoms with Gasteiger partial charge < -0.3 is 38.3 Å². The first-order valence-corrected chi connectivity index (χ1v) is 22.1. The SMILES string of the molecule is COc1ccc(C(OC[C@H]2O[C@@H](n3ccc(=O)[nH]c3=O)[C@H](OC)[C@@H]2OP2(=O)OCCCc3cn(c(=O)[nH]c3=O)[C@@H]3O[C@H](CO2)[C@@H](O)[C@H]3OC)(c2ccccc2)c2ccc(OC)cc2)cc1. The number of aliphatic hydroxyl groups excluding tert-OH is 1. The first-order chi connectivity index (χ1) is 31.4. The van der Waals surface area contributed by atoms with Crippen molar-refractivity contribution >= 4 is 7.82 Å². The number of phosphoric ester groups is 1. The molecule has 9 atom stereocenters. The molecule has 8 rings (SSSR count). The number of aromatic amines is 2. The molecule has 0 spiro atoms. The maximum absolute atomic E-state index is 15.1. The molecule has 21 heteroatoms. The van der Waals surface area contributed by atoms with Crippen molar-refractivity contribution in [2.75, 3.05) is 48.3 Å². The minimum absolute atomic E-state index is 0.0607. The molecule has 3 N–H and O–H groups in total. The molecule has 5 heterocycles. The molecule has 2 saturated heterocycles. The van der Waals surface area contributed by atoms with Gasteiger partial charge in [-0.2, -0.15) is 0 Å². The fourth-order valence-corrected chi connectivity index (χ4v) is 9.87. The largest absolute Gasteiger partial charge is 0.497 e. The normalized spacial score (nSPS) is 27.0. The number of phosphoric acid groups is 1. The second-order valence-corrected chi connectivity index (χ2v) is 17.0. The highest BCUT2D eigenvalue weighted by Crippen LogP contribution is 2.55. The van der Waals surface area contributed by atoms with E-state index in [1.165, 1.54) is 26.6 Å². The summed E-state index contributed by atoms with van der Waals surface area (Å²) in [5.41, 5.74) is -2.00. The van der Waals surface area contributed by atoms with Crippen LogP contribution in [-0.4, -0.2) is 109 Å². The van der Waals surface area contributed by atoms with E-state index in [-0.39, 0.29) is 31.6 Å². The minimum atomic E-state index is -4.77. The van der Waals surface area contributed by atoms with Gasteiger partial charge in [-0.15, -0.1) is 0 Å². The lowest BCUT2D eigenvalue weighted by Crippen LogP contribution is -2.42. The number of ether oxygens (including phenoxy) is 7. The van der Waals surface area contributed by atoms with Crippen LogP contribution in [0, 0.1) is 0 Å². The van der Waals surface area contributed by atoms with Crippen molar-refractivity contribution in [2.45, 2.75) is 67.5 Å². The lowest BCUT2D eigenvalue weighted by Gasteiger charge is -2.37. The molecule has 0 aliphatic carbocycles. The number of fused-ring (bicyclic) bond motifs is 5. The van der Waals surface area contributed by atoms with E-state index in [0.29, 0.717) is 28.2 Å². The fraction of sp³-hybridized carbons (Fsp3) is 0.409. The Morgan fingerprint density at radius 1 is 0.738 bits per heavy atom. The van der Waals surface area contributed by atoms with Crippen LogP contribution in [0.2, 0.25) is 0 Å².